The minimum Gasteiger partial charge on any atom is -0.506 e. The number of aromatic nitrogens is 1. The number of benzene rings is 2. The number of pyridine rings is 1. The molecule has 4 N–H and O–H groups in total. The molecule has 0 spiro atoms. The molecular formula is C24H29N3O4S. The molecule has 32 heavy (non-hydrogen) atoms. The van der Waals surface area contributed by atoms with Gasteiger partial charge in [-0.3, -0.25) is 4.98 Å². The molecule has 7 nitrogen and oxygen atoms in total. The van der Waals surface area contributed by atoms with Gasteiger partial charge in [-0.05, 0) is 51.5 Å². The summed E-state index contributed by atoms with van der Waals surface area (Å²) in [7, 11) is -3.69. The SMILES string of the molecule is Cc1ncc(CO)c(CNc2ccc(-c3ccccc3S(=O)(=O)NC(C)(C)C)cc2)c1O. The minimum absolute atomic E-state index is 0.0613. The molecule has 170 valence electrons. The van der Waals surface area contributed by atoms with E-state index in [-0.39, 0.29) is 17.3 Å². The van der Waals surface area contributed by atoms with Crippen LogP contribution in [-0.4, -0.2) is 29.2 Å². The van der Waals surface area contributed by atoms with E-state index in [4.69, 9.17) is 0 Å². The lowest BCUT2D eigenvalue weighted by Gasteiger charge is -2.21. The number of anilines is 1. The highest BCUT2D eigenvalue weighted by molar-refractivity contribution is 7.89. The van der Waals surface area contributed by atoms with Crippen LogP contribution in [0.5, 0.6) is 5.75 Å². The predicted molar refractivity (Wildman–Crippen MR) is 126 cm³/mol. The normalized spacial score (nSPS) is 12.0. The molecule has 1 aromatic heterocycles. The summed E-state index contributed by atoms with van der Waals surface area (Å²) in [4.78, 5) is 4.29. The highest BCUT2D eigenvalue weighted by Gasteiger charge is 2.24. The molecule has 2 aromatic carbocycles. The van der Waals surface area contributed by atoms with Crippen LogP contribution in [-0.2, 0) is 23.2 Å². The smallest absolute Gasteiger partial charge is 0.241 e. The van der Waals surface area contributed by atoms with Crippen LogP contribution in [0.25, 0.3) is 11.1 Å². The first-order chi connectivity index (χ1) is 15.0. The number of sulfonamides is 1. The van der Waals surface area contributed by atoms with Crippen LogP contribution in [0.15, 0.2) is 59.6 Å². The van der Waals surface area contributed by atoms with E-state index in [2.05, 4.69) is 15.0 Å². The van der Waals surface area contributed by atoms with E-state index in [1.165, 1.54) is 0 Å². The van der Waals surface area contributed by atoms with Gasteiger partial charge in [-0.2, -0.15) is 0 Å². The van der Waals surface area contributed by atoms with Gasteiger partial charge >= 0.3 is 0 Å². The third-order valence-electron chi connectivity index (χ3n) is 4.88. The Labute approximate surface area is 189 Å². The lowest BCUT2D eigenvalue weighted by atomic mass is 10.0. The number of aliphatic hydroxyl groups excluding tert-OH is 1. The molecule has 0 bridgehead atoms. The second-order valence-corrected chi connectivity index (χ2v) is 10.3. The Kier molecular flexibility index (Phi) is 6.88. The van der Waals surface area contributed by atoms with Crippen molar-refractivity contribution in [3.63, 3.8) is 0 Å². The van der Waals surface area contributed by atoms with Crippen LogP contribution in [0.2, 0.25) is 0 Å². The average Bonchev–Trinajstić information content (AvgIpc) is 2.73. The molecule has 0 amide bonds. The monoisotopic (exact) mass is 455 g/mol. The summed E-state index contributed by atoms with van der Waals surface area (Å²) in [6.07, 6.45) is 1.55. The maximum absolute atomic E-state index is 12.9. The van der Waals surface area contributed by atoms with E-state index in [0.29, 0.717) is 28.9 Å². The molecule has 0 radical (unpaired) electrons. The first kappa shape index (κ1) is 23.7. The molecule has 3 aromatic rings. The van der Waals surface area contributed by atoms with Crippen LogP contribution in [0, 0.1) is 6.92 Å². The Morgan fingerprint density at radius 2 is 1.69 bits per heavy atom. The number of nitrogens with one attached hydrogen (secondary N) is 2. The fourth-order valence-electron chi connectivity index (χ4n) is 3.37. The van der Waals surface area contributed by atoms with Gasteiger partial charge in [-0.1, -0.05) is 30.3 Å². The van der Waals surface area contributed by atoms with Gasteiger partial charge in [0.05, 0.1) is 17.2 Å². The second-order valence-electron chi connectivity index (χ2n) is 8.64. The van der Waals surface area contributed by atoms with Crippen LogP contribution >= 0.6 is 0 Å². The molecule has 3 rings (SSSR count). The fraction of sp³-hybridized carbons (Fsp3) is 0.292. The molecule has 0 unspecified atom stereocenters. The zero-order valence-corrected chi connectivity index (χ0v) is 19.5. The van der Waals surface area contributed by atoms with Crippen LogP contribution < -0.4 is 10.0 Å². The average molecular weight is 456 g/mol. The summed E-state index contributed by atoms with van der Waals surface area (Å²) in [5.74, 6) is 0.0613. The van der Waals surface area contributed by atoms with Crippen molar-refractivity contribution < 1.29 is 18.6 Å². The zero-order valence-electron chi connectivity index (χ0n) is 18.7. The van der Waals surface area contributed by atoms with Crippen LogP contribution in [0.4, 0.5) is 5.69 Å². The van der Waals surface area contributed by atoms with Gasteiger partial charge in [0.2, 0.25) is 10.0 Å². The number of hydrogen-bond acceptors (Lipinski definition) is 6. The van der Waals surface area contributed by atoms with Gasteiger partial charge in [0.15, 0.2) is 0 Å². The Morgan fingerprint density at radius 1 is 1.03 bits per heavy atom. The Balaban J connectivity index is 1.85. The summed E-state index contributed by atoms with van der Waals surface area (Å²) in [6, 6.07) is 14.3. The molecule has 1 heterocycles. The Morgan fingerprint density at radius 3 is 2.31 bits per heavy atom. The van der Waals surface area contributed by atoms with Gasteiger partial charge in [-0.15, -0.1) is 0 Å². The van der Waals surface area contributed by atoms with Crippen molar-refractivity contribution in [3.05, 3.63) is 71.5 Å². The van der Waals surface area contributed by atoms with E-state index in [9.17, 15) is 18.6 Å². The molecule has 0 aliphatic carbocycles. The zero-order chi connectivity index (χ0) is 23.5. The Hall–Kier alpha value is -2.94. The lowest BCUT2D eigenvalue weighted by Crippen LogP contribution is -2.40. The Bertz CT molecular complexity index is 1200. The first-order valence-electron chi connectivity index (χ1n) is 10.3. The van der Waals surface area contributed by atoms with Crippen LogP contribution in [0.1, 0.15) is 37.6 Å². The molecule has 0 saturated heterocycles. The lowest BCUT2D eigenvalue weighted by molar-refractivity contribution is 0.279. The number of rotatable bonds is 7. The maximum atomic E-state index is 12.9. The summed E-state index contributed by atoms with van der Waals surface area (Å²) in [5.41, 5.74) is 3.22. The van der Waals surface area contributed by atoms with Gasteiger partial charge in [0.25, 0.3) is 0 Å². The molecule has 0 fully saturated rings. The van der Waals surface area contributed by atoms with E-state index in [1.807, 2.05) is 30.3 Å². The largest absolute Gasteiger partial charge is 0.506 e. The minimum atomic E-state index is -3.69. The summed E-state index contributed by atoms with van der Waals surface area (Å²) in [6.45, 7) is 7.21. The number of nitrogens with zero attached hydrogens (tertiary/aromatic N) is 1. The standard InChI is InChI=1S/C24H29N3O4S/c1-16-23(29)21(18(15-28)13-25-16)14-26-19-11-9-17(10-12-19)20-7-5-6-8-22(20)32(30,31)27-24(2,3)4/h5-13,26-29H,14-15H2,1-4H3. The molecule has 8 heteroatoms. The molecule has 0 saturated carbocycles. The number of aryl methyl sites for hydroxylation is 1. The third-order valence-corrected chi connectivity index (χ3v) is 6.70. The highest BCUT2D eigenvalue weighted by atomic mass is 32.2. The van der Waals surface area contributed by atoms with Gasteiger partial charge in [-0.25, -0.2) is 13.1 Å². The first-order valence-corrected chi connectivity index (χ1v) is 11.7. The molecule has 0 atom stereocenters. The van der Waals surface area contributed by atoms with Gasteiger partial charge in [0.1, 0.15) is 5.75 Å². The van der Waals surface area contributed by atoms with Crippen molar-refractivity contribution in [2.24, 2.45) is 0 Å². The van der Waals surface area contributed by atoms with Crippen LogP contribution in [0.3, 0.4) is 0 Å². The number of aromatic hydroxyl groups is 1. The highest BCUT2D eigenvalue weighted by Crippen LogP contribution is 2.30. The topological polar surface area (TPSA) is 112 Å². The van der Waals surface area contributed by atoms with E-state index in [0.717, 1.165) is 11.3 Å². The maximum Gasteiger partial charge on any atom is 0.241 e. The van der Waals surface area contributed by atoms with Crippen molar-refractivity contribution in [3.8, 4) is 16.9 Å². The van der Waals surface area contributed by atoms with Crippen molar-refractivity contribution >= 4 is 15.7 Å². The van der Waals surface area contributed by atoms with E-state index >= 15 is 0 Å². The molecule has 0 aliphatic heterocycles. The summed E-state index contributed by atoms with van der Waals surface area (Å²) >= 11 is 0. The third kappa shape index (κ3) is 5.45. The summed E-state index contributed by atoms with van der Waals surface area (Å²) in [5, 5.41) is 23.0. The summed E-state index contributed by atoms with van der Waals surface area (Å²) < 4.78 is 28.5. The quantitative estimate of drug-likeness (QED) is 0.429. The van der Waals surface area contributed by atoms with Gasteiger partial charge in [0, 0.05) is 40.7 Å². The van der Waals surface area contributed by atoms with Crippen molar-refractivity contribution in [2.45, 2.75) is 51.3 Å². The fourth-order valence-corrected chi connectivity index (χ4v) is 5.02. The van der Waals surface area contributed by atoms with Gasteiger partial charge < -0.3 is 15.5 Å². The number of aliphatic hydroxyl groups is 1. The molecular weight excluding hydrogens is 426 g/mol. The van der Waals surface area contributed by atoms with Crippen molar-refractivity contribution in [1.29, 1.82) is 0 Å². The number of hydrogen-bond donors (Lipinski definition) is 4. The molecule has 0 aliphatic rings. The second kappa shape index (κ2) is 9.28. The van der Waals surface area contributed by atoms with Crippen molar-refractivity contribution in [2.75, 3.05) is 5.32 Å². The predicted octanol–water partition coefficient (Wildman–Crippen LogP) is 3.94. The van der Waals surface area contributed by atoms with Crippen molar-refractivity contribution in [1.82, 2.24) is 9.71 Å². The van der Waals surface area contributed by atoms with E-state index in [1.54, 1.807) is 52.1 Å². The van der Waals surface area contributed by atoms with E-state index < -0.39 is 15.6 Å².